The zero-order valence-electron chi connectivity index (χ0n) is 15.9. The average molecular weight is 358 g/mol. The monoisotopic (exact) mass is 358 g/mol. The van der Waals surface area contributed by atoms with E-state index in [-0.39, 0.29) is 17.9 Å². The van der Waals surface area contributed by atoms with Gasteiger partial charge in [0, 0.05) is 30.6 Å². The van der Waals surface area contributed by atoms with Crippen molar-refractivity contribution in [3.8, 4) is 0 Å². The van der Waals surface area contributed by atoms with E-state index >= 15 is 0 Å². The number of nitrogens with zero attached hydrogens (tertiary/aromatic N) is 3. The molecular weight excluding hydrogens is 332 g/mol. The van der Waals surface area contributed by atoms with Crippen LogP contribution in [0.25, 0.3) is 0 Å². The number of H-pyrrole nitrogens is 1. The summed E-state index contributed by atoms with van der Waals surface area (Å²) in [5.74, 6) is 2.72. The lowest BCUT2D eigenvalue weighted by Crippen LogP contribution is -2.38. The third-order valence-electron chi connectivity index (χ3n) is 4.73. The Hall–Kier alpha value is -2.44. The number of carbonyl (C=O) groups excluding carboxylic acids is 1. The first kappa shape index (κ1) is 18.4. The molecule has 0 saturated heterocycles. The number of hydrogen-bond donors (Lipinski definition) is 1. The number of fused-ring (bicyclic) bond motifs is 1. The lowest BCUT2D eigenvalue weighted by Gasteiger charge is -2.25. The van der Waals surface area contributed by atoms with Gasteiger partial charge in [0.05, 0.1) is 13.0 Å². The van der Waals surface area contributed by atoms with Crippen LogP contribution in [0.5, 0.6) is 0 Å². The lowest BCUT2D eigenvalue weighted by atomic mass is 10.1. The van der Waals surface area contributed by atoms with E-state index < -0.39 is 0 Å². The molecule has 7 nitrogen and oxygen atoms in total. The summed E-state index contributed by atoms with van der Waals surface area (Å²) in [5, 5.41) is 0. The molecule has 1 aliphatic rings. The third kappa shape index (κ3) is 4.03. The molecule has 2 aromatic rings. The van der Waals surface area contributed by atoms with Crippen molar-refractivity contribution in [2.75, 3.05) is 6.54 Å². The van der Waals surface area contributed by atoms with Gasteiger partial charge >= 0.3 is 0 Å². The molecule has 3 rings (SSSR count). The Labute approximate surface area is 152 Å². The molecule has 1 aliphatic heterocycles. The highest BCUT2D eigenvalue weighted by Crippen LogP contribution is 2.22. The maximum absolute atomic E-state index is 12.7. The van der Waals surface area contributed by atoms with Gasteiger partial charge in [-0.1, -0.05) is 13.8 Å². The van der Waals surface area contributed by atoms with Crippen molar-refractivity contribution in [1.82, 2.24) is 19.9 Å². The van der Waals surface area contributed by atoms with Gasteiger partial charge in [-0.15, -0.1) is 0 Å². The van der Waals surface area contributed by atoms with Gasteiger partial charge in [-0.2, -0.15) is 0 Å². The summed E-state index contributed by atoms with van der Waals surface area (Å²) in [4.78, 5) is 38.0. The molecule has 26 heavy (non-hydrogen) atoms. The summed E-state index contributed by atoms with van der Waals surface area (Å²) in [6, 6.07) is 0. The Bertz CT molecular complexity index is 866. The number of rotatable bonds is 5. The molecule has 0 aliphatic carbocycles. The number of aromatic amines is 1. The second-order valence-corrected chi connectivity index (χ2v) is 7.37. The first-order valence-electron chi connectivity index (χ1n) is 9.15. The Morgan fingerprint density at radius 1 is 1.31 bits per heavy atom. The van der Waals surface area contributed by atoms with Gasteiger partial charge in [-0.25, -0.2) is 9.97 Å². The minimum absolute atomic E-state index is 0.0574. The lowest BCUT2D eigenvalue weighted by molar-refractivity contribution is -0.131. The predicted molar refractivity (Wildman–Crippen MR) is 96.8 cm³/mol. The van der Waals surface area contributed by atoms with Gasteiger partial charge in [-0.3, -0.25) is 9.59 Å². The molecule has 0 saturated carbocycles. The van der Waals surface area contributed by atoms with E-state index in [2.05, 4.69) is 28.8 Å². The summed E-state index contributed by atoms with van der Waals surface area (Å²) < 4.78 is 5.84. The molecule has 0 unspecified atom stereocenters. The van der Waals surface area contributed by atoms with Crippen molar-refractivity contribution < 1.29 is 9.21 Å². The first-order valence-corrected chi connectivity index (χ1v) is 9.15. The van der Waals surface area contributed by atoms with Crippen LogP contribution in [-0.2, 0) is 30.6 Å². The Morgan fingerprint density at radius 2 is 2.08 bits per heavy atom. The number of nitrogens with one attached hydrogen (secondary N) is 1. The van der Waals surface area contributed by atoms with Crippen molar-refractivity contribution in [2.45, 2.75) is 59.9 Å². The van der Waals surface area contributed by atoms with Crippen LogP contribution >= 0.6 is 0 Å². The number of oxazole rings is 1. The van der Waals surface area contributed by atoms with Gasteiger partial charge in [0.25, 0.3) is 5.56 Å². The summed E-state index contributed by atoms with van der Waals surface area (Å²) in [6.07, 6.45) is 2.58. The van der Waals surface area contributed by atoms with Crippen LogP contribution in [-0.4, -0.2) is 32.3 Å². The minimum Gasteiger partial charge on any atom is -0.445 e. The molecule has 0 radical (unpaired) electrons. The summed E-state index contributed by atoms with van der Waals surface area (Å²) >= 11 is 0. The van der Waals surface area contributed by atoms with Crippen LogP contribution in [0.15, 0.2) is 9.21 Å². The van der Waals surface area contributed by atoms with Crippen LogP contribution in [0, 0.1) is 19.8 Å². The SMILES string of the molecule is Cc1nc(C)c(CC(=O)N2CCc3oc(CCC(C)C)nc3C2)c(=O)[nH]1. The van der Waals surface area contributed by atoms with Crippen LogP contribution in [0.1, 0.15) is 54.7 Å². The quantitative estimate of drug-likeness (QED) is 0.883. The molecule has 140 valence electrons. The molecule has 0 bridgehead atoms. The van der Waals surface area contributed by atoms with E-state index in [9.17, 15) is 9.59 Å². The summed E-state index contributed by atoms with van der Waals surface area (Å²) in [6.45, 7) is 8.86. The van der Waals surface area contributed by atoms with E-state index in [1.54, 1.807) is 18.7 Å². The maximum atomic E-state index is 12.7. The molecule has 7 heteroatoms. The van der Waals surface area contributed by atoms with Crippen molar-refractivity contribution >= 4 is 5.91 Å². The van der Waals surface area contributed by atoms with Crippen molar-refractivity contribution in [3.63, 3.8) is 0 Å². The second kappa shape index (κ2) is 7.43. The standard InChI is InChI=1S/C19H26N4O3/c1-11(2)5-6-17-22-15-10-23(8-7-16(15)26-17)18(24)9-14-12(3)20-13(4)21-19(14)25/h11H,5-10H2,1-4H3,(H,20,21,25). The predicted octanol–water partition coefficient (Wildman–Crippen LogP) is 2.09. The highest BCUT2D eigenvalue weighted by Gasteiger charge is 2.26. The van der Waals surface area contributed by atoms with Crippen LogP contribution < -0.4 is 5.56 Å². The Morgan fingerprint density at radius 3 is 2.77 bits per heavy atom. The molecule has 0 atom stereocenters. The smallest absolute Gasteiger partial charge is 0.254 e. The number of aryl methyl sites for hydroxylation is 3. The second-order valence-electron chi connectivity index (χ2n) is 7.37. The molecular formula is C19H26N4O3. The Kier molecular flexibility index (Phi) is 5.25. The molecule has 2 aromatic heterocycles. The summed E-state index contributed by atoms with van der Waals surface area (Å²) in [7, 11) is 0. The molecule has 3 heterocycles. The van der Waals surface area contributed by atoms with Crippen molar-refractivity contribution in [3.05, 3.63) is 44.8 Å². The van der Waals surface area contributed by atoms with E-state index in [1.807, 2.05) is 0 Å². The largest absolute Gasteiger partial charge is 0.445 e. The third-order valence-corrected chi connectivity index (χ3v) is 4.73. The summed E-state index contributed by atoms with van der Waals surface area (Å²) in [5.41, 5.74) is 1.65. The topological polar surface area (TPSA) is 92.1 Å². The van der Waals surface area contributed by atoms with Gasteiger partial charge in [0.1, 0.15) is 17.3 Å². The molecule has 1 N–H and O–H groups in total. The van der Waals surface area contributed by atoms with Crippen molar-refractivity contribution in [1.29, 1.82) is 0 Å². The fourth-order valence-electron chi connectivity index (χ4n) is 3.21. The highest BCUT2D eigenvalue weighted by molar-refractivity contribution is 5.79. The zero-order valence-corrected chi connectivity index (χ0v) is 15.9. The number of aromatic nitrogens is 3. The van der Waals surface area contributed by atoms with Gasteiger partial charge in [0.2, 0.25) is 5.91 Å². The van der Waals surface area contributed by atoms with E-state index in [0.29, 0.717) is 42.5 Å². The fraction of sp³-hybridized carbons (Fsp3) is 0.579. The molecule has 0 aromatic carbocycles. The van der Waals surface area contributed by atoms with E-state index in [1.165, 1.54) is 0 Å². The van der Waals surface area contributed by atoms with Gasteiger partial charge in [0.15, 0.2) is 5.89 Å². The number of hydrogen-bond acceptors (Lipinski definition) is 5. The van der Waals surface area contributed by atoms with E-state index in [0.717, 1.165) is 30.2 Å². The molecule has 0 spiro atoms. The number of amides is 1. The fourth-order valence-corrected chi connectivity index (χ4v) is 3.21. The van der Waals surface area contributed by atoms with Crippen LogP contribution in [0.3, 0.4) is 0 Å². The van der Waals surface area contributed by atoms with E-state index in [4.69, 9.17) is 4.42 Å². The first-order chi connectivity index (χ1) is 12.3. The Balaban J connectivity index is 1.69. The normalized spacial score (nSPS) is 14.0. The van der Waals surface area contributed by atoms with Crippen molar-refractivity contribution in [2.24, 2.45) is 5.92 Å². The zero-order chi connectivity index (χ0) is 18.8. The van der Waals surface area contributed by atoms with Crippen LogP contribution in [0.4, 0.5) is 0 Å². The average Bonchev–Trinajstić information content (AvgIpc) is 2.98. The minimum atomic E-state index is -0.238. The molecule has 1 amide bonds. The molecule has 0 fully saturated rings. The number of carbonyl (C=O) groups is 1. The van der Waals surface area contributed by atoms with Gasteiger partial charge < -0.3 is 14.3 Å². The van der Waals surface area contributed by atoms with Crippen LogP contribution in [0.2, 0.25) is 0 Å². The maximum Gasteiger partial charge on any atom is 0.254 e. The highest BCUT2D eigenvalue weighted by atomic mass is 16.4. The van der Waals surface area contributed by atoms with Gasteiger partial charge in [-0.05, 0) is 26.2 Å².